The van der Waals surface area contributed by atoms with Crippen molar-refractivity contribution in [2.45, 2.75) is 25.8 Å². The molecule has 0 bridgehead atoms. The summed E-state index contributed by atoms with van der Waals surface area (Å²) in [6.45, 7) is 3.76. The standard InChI is InChI=1S/C14H17BrN2O3/c1-14(2)13(19)17(7-6-12(18)16-14)11-8-9(20-3)4-5-10(11)15/h4-5,8H,6-7H2,1-3H3,(H,16,18). The van der Waals surface area contributed by atoms with Gasteiger partial charge in [-0.15, -0.1) is 0 Å². The zero-order valence-corrected chi connectivity index (χ0v) is 13.3. The molecule has 20 heavy (non-hydrogen) atoms. The summed E-state index contributed by atoms with van der Waals surface area (Å²) >= 11 is 3.45. The van der Waals surface area contributed by atoms with Crippen molar-refractivity contribution in [1.29, 1.82) is 0 Å². The van der Waals surface area contributed by atoms with E-state index in [9.17, 15) is 9.59 Å². The van der Waals surface area contributed by atoms with Crippen molar-refractivity contribution in [3.63, 3.8) is 0 Å². The molecule has 0 aliphatic carbocycles. The molecule has 1 aromatic rings. The molecule has 1 saturated heterocycles. The van der Waals surface area contributed by atoms with Gasteiger partial charge in [0.25, 0.3) is 5.91 Å². The second kappa shape index (κ2) is 5.44. The van der Waals surface area contributed by atoms with E-state index in [1.54, 1.807) is 31.9 Å². The third kappa shape index (κ3) is 2.80. The summed E-state index contributed by atoms with van der Waals surface area (Å²) in [6, 6.07) is 5.42. The molecule has 0 aromatic heterocycles. The van der Waals surface area contributed by atoms with Crippen LogP contribution in [-0.2, 0) is 9.59 Å². The lowest BCUT2D eigenvalue weighted by Crippen LogP contribution is -2.53. The Balaban J connectivity index is 2.45. The van der Waals surface area contributed by atoms with Gasteiger partial charge < -0.3 is 15.0 Å². The van der Waals surface area contributed by atoms with Gasteiger partial charge in [0.2, 0.25) is 5.91 Å². The number of nitrogens with one attached hydrogen (secondary N) is 1. The molecule has 1 N–H and O–H groups in total. The van der Waals surface area contributed by atoms with Crippen LogP contribution in [0.2, 0.25) is 0 Å². The Labute approximate surface area is 126 Å². The molecule has 0 spiro atoms. The molecule has 108 valence electrons. The summed E-state index contributed by atoms with van der Waals surface area (Å²) in [5, 5.41) is 2.74. The van der Waals surface area contributed by atoms with Gasteiger partial charge in [0.15, 0.2) is 0 Å². The van der Waals surface area contributed by atoms with Gasteiger partial charge in [-0.3, -0.25) is 9.59 Å². The Bertz CT molecular complexity index is 557. The lowest BCUT2D eigenvalue weighted by Gasteiger charge is -2.29. The topological polar surface area (TPSA) is 58.6 Å². The molecule has 2 rings (SSSR count). The number of methoxy groups -OCH3 is 1. The molecule has 6 heteroatoms. The van der Waals surface area contributed by atoms with Crippen LogP contribution < -0.4 is 15.0 Å². The van der Waals surface area contributed by atoms with Crippen LogP contribution in [0.1, 0.15) is 20.3 Å². The second-order valence-electron chi connectivity index (χ2n) is 5.20. The van der Waals surface area contributed by atoms with Gasteiger partial charge >= 0.3 is 0 Å². The Hall–Kier alpha value is -1.56. The van der Waals surface area contributed by atoms with Crippen molar-refractivity contribution in [2.75, 3.05) is 18.6 Å². The molecule has 1 aromatic carbocycles. The van der Waals surface area contributed by atoms with E-state index in [-0.39, 0.29) is 18.2 Å². The van der Waals surface area contributed by atoms with Crippen molar-refractivity contribution in [1.82, 2.24) is 5.32 Å². The molecular formula is C14H17BrN2O3. The number of hydrogen-bond donors (Lipinski definition) is 1. The van der Waals surface area contributed by atoms with Gasteiger partial charge in [-0.05, 0) is 41.9 Å². The van der Waals surface area contributed by atoms with Crippen LogP contribution in [0.25, 0.3) is 0 Å². The van der Waals surface area contributed by atoms with Gasteiger partial charge in [0, 0.05) is 23.5 Å². The summed E-state index contributed by atoms with van der Waals surface area (Å²) in [6.07, 6.45) is 0.277. The zero-order valence-electron chi connectivity index (χ0n) is 11.7. The minimum absolute atomic E-state index is 0.120. The molecule has 1 aliphatic heterocycles. The van der Waals surface area contributed by atoms with E-state index in [0.29, 0.717) is 18.0 Å². The first-order valence-corrected chi connectivity index (χ1v) is 7.11. The maximum Gasteiger partial charge on any atom is 0.252 e. The number of carbonyl (C=O) groups is 2. The van der Waals surface area contributed by atoms with E-state index in [0.717, 1.165) is 4.47 Å². The highest BCUT2D eigenvalue weighted by molar-refractivity contribution is 9.10. The van der Waals surface area contributed by atoms with Crippen molar-refractivity contribution in [3.8, 4) is 5.75 Å². The summed E-state index contributed by atoms with van der Waals surface area (Å²) in [4.78, 5) is 25.9. The summed E-state index contributed by atoms with van der Waals surface area (Å²) in [5.41, 5.74) is -0.213. The molecule has 0 radical (unpaired) electrons. The van der Waals surface area contributed by atoms with E-state index in [1.165, 1.54) is 0 Å². The minimum Gasteiger partial charge on any atom is -0.497 e. The van der Waals surface area contributed by atoms with Crippen LogP contribution in [0, 0.1) is 0 Å². The second-order valence-corrected chi connectivity index (χ2v) is 6.05. The number of amides is 2. The number of nitrogens with zero attached hydrogens (tertiary/aromatic N) is 1. The smallest absolute Gasteiger partial charge is 0.252 e. The number of benzene rings is 1. The molecular weight excluding hydrogens is 324 g/mol. The van der Waals surface area contributed by atoms with E-state index in [2.05, 4.69) is 21.2 Å². The Kier molecular flexibility index (Phi) is 4.04. The predicted octanol–water partition coefficient (Wildman–Crippen LogP) is 2.09. The minimum atomic E-state index is -0.921. The van der Waals surface area contributed by atoms with Crippen molar-refractivity contribution >= 4 is 33.4 Å². The zero-order chi connectivity index (χ0) is 14.9. The summed E-state index contributed by atoms with van der Waals surface area (Å²) in [7, 11) is 1.58. The lowest BCUT2D eigenvalue weighted by atomic mass is 10.0. The first-order valence-electron chi connectivity index (χ1n) is 6.31. The first kappa shape index (κ1) is 14.8. The van der Waals surface area contributed by atoms with Crippen LogP contribution in [0.5, 0.6) is 5.75 Å². The molecule has 1 heterocycles. The molecule has 1 fully saturated rings. The highest BCUT2D eigenvalue weighted by Gasteiger charge is 2.37. The van der Waals surface area contributed by atoms with E-state index >= 15 is 0 Å². The average molecular weight is 341 g/mol. The molecule has 1 aliphatic rings. The van der Waals surface area contributed by atoms with Crippen LogP contribution >= 0.6 is 15.9 Å². The fourth-order valence-corrected chi connectivity index (χ4v) is 2.63. The number of hydrogen-bond acceptors (Lipinski definition) is 3. The maximum atomic E-state index is 12.6. The lowest BCUT2D eigenvalue weighted by molar-refractivity contribution is -0.128. The number of rotatable bonds is 2. The van der Waals surface area contributed by atoms with Gasteiger partial charge in [0.1, 0.15) is 11.3 Å². The summed E-state index contributed by atoms with van der Waals surface area (Å²) < 4.78 is 5.99. The normalized spacial score (nSPS) is 18.5. The molecule has 2 amide bonds. The van der Waals surface area contributed by atoms with Crippen LogP contribution in [0.3, 0.4) is 0 Å². The Morgan fingerprint density at radius 1 is 1.35 bits per heavy atom. The average Bonchev–Trinajstić information content (AvgIpc) is 2.48. The third-order valence-corrected chi connectivity index (χ3v) is 3.91. The maximum absolute atomic E-state index is 12.6. The fraction of sp³-hybridized carbons (Fsp3) is 0.429. The largest absolute Gasteiger partial charge is 0.497 e. The van der Waals surface area contributed by atoms with Gasteiger partial charge in [-0.2, -0.15) is 0 Å². The van der Waals surface area contributed by atoms with E-state index in [4.69, 9.17) is 4.74 Å². The molecule has 0 atom stereocenters. The van der Waals surface area contributed by atoms with E-state index in [1.807, 2.05) is 12.1 Å². The number of ether oxygens (including phenoxy) is 1. The molecule has 0 saturated carbocycles. The van der Waals surface area contributed by atoms with Crippen molar-refractivity contribution in [3.05, 3.63) is 22.7 Å². The third-order valence-electron chi connectivity index (χ3n) is 3.24. The monoisotopic (exact) mass is 340 g/mol. The number of anilines is 1. The molecule has 5 nitrogen and oxygen atoms in total. The first-order chi connectivity index (χ1) is 9.35. The van der Waals surface area contributed by atoms with Crippen LogP contribution in [0.15, 0.2) is 22.7 Å². The quantitative estimate of drug-likeness (QED) is 0.896. The fourth-order valence-electron chi connectivity index (χ4n) is 2.17. The SMILES string of the molecule is COc1ccc(Br)c(N2CCC(=O)NC(C)(C)C2=O)c1. The van der Waals surface area contributed by atoms with E-state index < -0.39 is 5.54 Å². The highest BCUT2D eigenvalue weighted by Crippen LogP contribution is 2.32. The highest BCUT2D eigenvalue weighted by atomic mass is 79.9. The number of carbonyl (C=O) groups excluding carboxylic acids is 2. The Morgan fingerprint density at radius 2 is 2.05 bits per heavy atom. The van der Waals surface area contributed by atoms with Gasteiger partial charge in [-0.1, -0.05) is 0 Å². The van der Waals surface area contributed by atoms with Gasteiger partial charge in [0.05, 0.1) is 12.8 Å². The van der Waals surface area contributed by atoms with Crippen LogP contribution in [-0.4, -0.2) is 31.0 Å². The molecule has 0 unspecified atom stereocenters. The van der Waals surface area contributed by atoms with Crippen molar-refractivity contribution < 1.29 is 14.3 Å². The Morgan fingerprint density at radius 3 is 2.70 bits per heavy atom. The number of halogens is 1. The predicted molar refractivity (Wildman–Crippen MR) is 79.9 cm³/mol. The summed E-state index contributed by atoms with van der Waals surface area (Å²) in [5.74, 6) is 0.402. The van der Waals surface area contributed by atoms with Crippen molar-refractivity contribution in [2.24, 2.45) is 0 Å². The van der Waals surface area contributed by atoms with Crippen LogP contribution in [0.4, 0.5) is 5.69 Å². The van der Waals surface area contributed by atoms with Gasteiger partial charge in [-0.25, -0.2) is 0 Å².